The van der Waals surface area contributed by atoms with Crippen LogP contribution in [0.2, 0.25) is 0 Å². The zero-order chi connectivity index (χ0) is 24.0. The molecule has 7 nitrogen and oxygen atoms in total. The molecule has 3 N–H and O–H groups in total. The van der Waals surface area contributed by atoms with Gasteiger partial charge in [-0.3, -0.25) is 9.59 Å². The number of ether oxygens (including phenoxy) is 1. The van der Waals surface area contributed by atoms with Gasteiger partial charge in [-0.25, -0.2) is 4.79 Å². The van der Waals surface area contributed by atoms with E-state index in [4.69, 9.17) is 9.84 Å². The van der Waals surface area contributed by atoms with Crippen molar-refractivity contribution in [3.05, 3.63) is 59.7 Å². The molecule has 3 rings (SSSR count). The number of hydrogen-bond donors (Lipinski definition) is 3. The first-order valence-electron chi connectivity index (χ1n) is 11.3. The van der Waals surface area contributed by atoms with Crippen LogP contribution in [0.3, 0.4) is 0 Å². The maximum absolute atomic E-state index is 12.4. The van der Waals surface area contributed by atoms with Crippen LogP contribution in [0.1, 0.15) is 63.5 Å². The van der Waals surface area contributed by atoms with Gasteiger partial charge < -0.3 is 20.5 Å². The molecule has 1 unspecified atom stereocenters. The lowest BCUT2D eigenvalue weighted by atomic mass is 9.98. The molecule has 0 radical (unpaired) electrons. The first-order chi connectivity index (χ1) is 15.7. The van der Waals surface area contributed by atoms with Crippen molar-refractivity contribution in [2.45, 2.75) is 64.0 Å². The second kappa shape index (κ2) is 10.5. The summed E-state index contributed by atoms with van der Waals surface area (Å²) in [6.45, 7) is 5.66. The van der Waals surface area contributed by atoms with Gasteiger partial charge in [0.25, 0.3) is 0 Å². The Labute approximate surface area is 194 Å². The normalized spacial score (nSPS) is 13.5. The largest absolute Gasteiger partial charge is 0.481 e. The number of nitrogens with one attached hydrogen (secondary N) is 2. The van der Waals surface area contributed by atoms with Crippen molar-refractivity contribution in [3.8, 4) is 11.1 Å². The summed E-state index contributed by atoms with van der Waals surface area (Å²) >= 11 is 0. The molecule has 0 spiro atoms. The molecule has 0 aromatic heterocycles. The molecule has 0 fully saturated rings. The highest BCUT2D eigenvalue weighted by Crippen LogP contribution is 2.44. The van der Waals surface area contributed by atoms with Crippen LogP contribution in [-0.2, 0) is 14.3 Å². The predicted octanol–water partition coefficient (Wildman–Crippen LogP) is 4.45. The van der Waals surface area contributed by atoms with Gasteiger partial charge in [0.15, 0.2) is 0 Å². The van der Waals surface area contributed by atoms with Gasteiger partial charge >= 0.3 is 12.1 Å². The van der Waals surface area contributed by atoms with Gasteiger partial charge in [-0.2, -0.15) is 0 Å². The number of hydrogen-bond acceptors (Lipinski definition) is 4. The molecule has 1 aliphatic rings. The first kappa shape index (κ1) is 24.3. The average molecular weight is 453 g/mol. The highest BCUT2D eigenvalue weighted by Gasteiger charge is 2.29. The van der Waals surface area contributed by atoms with Gasteiger partial charge in [-0.05, 0) is 55.9 Å². The molecule has 7 heteroatoms. The Balaban J connectivity index is 1.45. The standard InChI is InChI=1S/C26H32N2O5/c1-17(12-13-23(29)28-26(2,3)15-14-24(30)31)27-25(32)33-16-22-20-10-6-4-8-18(20)19-9-5-7-11-21(19)22/h4-11,17,22H,12-16H2,1-3H3,(H,27,32)(H,28,29)(H,30,31). The number of aliphatic carboxylic acids is 1. The summed E-state index contributed by atoms with van der Waals surface area (Å²) in [4.78, 5) is 35.3. The molecule has 1 aliphatic carbocycles. The van der Waals surface area contributed by atoms with Gasteiger partial charge in [0.2, 0.25) is 5.91 Å². The minimum atomic E-state index is -0.891. The second-order valence-corrected chi connectivity index (χ2v) is 9.24. The van der Waals surface area contributed by atoms with Crippen molar-refractivity contribution in [2.75, 3.05) is 6.61 Å². The number of alkyl carbamates (subject to hydrolysis) is 1. The molecular weight excluding hydrogens is 420 g/mol. The van der Waals surface area contributed by atoms with E-state index in [2.05, 4.69) is 34.9 Å². The third kappa shape index (κ3) is 6.57. The Morgan fingerprint density at radius 1 is 1.00 bits per heavy atom. The van der Waals surface area contributed by atoms with Crippen molar-refractivity contribution in [1.29, 1.82) is 0 Å². The van der Waals surface area contributed by atoms with Crippen LogP contribution in [0.4, 0.5) is 4.79 Å². The third-order valence-corrected chi connectivity index (χ3v) is 5.95. The number of amides is 2. The Bertz CT molecular complexity index is 972. The summed E-state index contributed by atoms with van der Waals surface area (Å²) in [6.07, 6.45) is 0.507. The van der Waals surface area contributed by atoms with Crippen molar-refractivity contribution < 1.29 is 24.2 Å². The van der Waals surface area contributed by atoms with Crippen molar-refractivity contribution in [2.24, 2.45) is 0 Å². The molecule has 2 aromatic rings. The Hall–Kier alpha value is -3.35. The summed E-state index contributed by atoms with van der Waals surface area (Å²) in [5.41, 5.74) is 4.06. The molecule has 0 aliphatic heterocycles. The van der Waals surface area contributed by atoms with E-state index in [1.54, 1.807) is 13.8 Å². The van der Waals surface area contributed by atoms with E-state index in [-0.39, 0.29) is 37.3 Å². The molecule has 2 aromatic carbocycles. The minimum absolute atomic E-state index is 0.00253. The smallest absolute Gasteiger partial charge is 0.407 e. The molecular formula is C26H32N2O5. The summed E-state index contributed by atoms with van der Waals surface area (Å²) in [6, 6.07) is 16.1. The molecule has 1 atom stereocenters. The zero-order valence-electron chi connectivity index (χ0n) is 19.4. The monoisotopic (exact) mass is 452 g/mol. The van der Waals surface area contributed by atoms with Crippen LogP contribution >= 0.6 is 0 Å². The van der Waals surface area contributed by atoms with Crippen LogP contribution in [0, 0.1) is 0 Å². The van der Waals surface area contributed by atoms with E-state index >= 15 is 0 Å². The van der Waals surface area contributed by atoms with Crippen LogP contribution in [0.25, 0.3) is 11.1 Å². The number of carboxylic acid groups (broad SMARTS) is 1. The topological polar surface area (TPSA) is 105 Å². The fourth-order valence-electron chi connectivity index (χ4n) is 4.18. The first-order valence-corrected chi connectivity index (χ1v) is 11.3. The van der Waals surface area contributed by atoms with E-state index in [1.165, 1.54) is 11.1 Å². The molecule has 0 bridgehead atoms. The Morgan fingerprint density at radius 2 is 1.58 bits per heavy atom. The van der Waals surface area contributed by atoms with Gasteiger partial charge in [0.05, 0.1) is 0 Å². The minimum Gasteiger partial charge on any atom is -0.481 e. The van der Waals surface area contributed by atoms with E-state index < -0.39 is 17.6 Å². The SMILES string of the molecule is CC(CCC(=O)NC(C)(C)CCC(=O)O)NC(=O)OCC1c2ccccc2-c2ccccc21. The van der Waals surface area contributed by atoms with E-state index in [9.17, 15) is 14.4 Å². The summed E-state index contributed by atoms with van der Waals surface area (Å²) < 4.78 is 5.55. The fourth-order valence-corrected chi connectivity index (χ4v) is 4.18. The van der Waals surface area contributed by atoms with Gasteiger partial charge in [0.1, 0.15) is 6.61 Å². The van der Waals surface area contributed by atoms with E-state index in [1.807, 2.05) is 31.2 Å². The van der Waals surface area contributed by atoms with Crippen LogP contribution in [-0.4, -0.2) is 41.3 Å². The maximum atomic E-state index is 12.4. The second-order valence-electron chi connectivity index (χ2n) is 9.24. The zero-order valence-corrected chi connectivity index (χ0v) is 19.4. The number of carbonyl (C=O) groups is 3. The lowest BCUT2D eigenvalue weighted by molar-refractivity contribution is -0.137. The van der Waals surface area contributed by atoms with Crippen LogP contribution < -0.4 is 10.6 Å². The number of benzene rings is 2. The maximum Gasteiger partial charge on any atom is 0.407 e. The third-order valence-electron chi connectivity index (χ3n) is 5.95. The molecule has 0 heterocycles. The number of carbonyl (C=O) groups excluding carboxylic acids is 2. The fraction of sp³-hybridized carbons (Fsp3) is 0.423. The van der Waals surface area contributed by atoms with Crippen molar-refractivity contribution in [1.82, 2.24) is 10.6 Å². The lowest BCUT2D eigenvalue weighted by Gasteiger charge is -2.26. The van der Waals surface area contributed by atoms with Crippen molar-refractivity contribution >= 4 is 18.0 Å². The van der Waals surface area contributed by atoms with Crippen LogP contribution in [0.5, 0.6) is 0 Å². The highest BCUT2D eigenvalue weighted by molar-refractivity contribution is 5.79. The molecule has 2 amide bonds. The number of rotatable bonds is 10. The van der Waals surface area contributed by atoms with Gasteiger partial charge in [-0.1, -0.05) is 48.5 Å². The highest BCUT2D eigenvalue weighted by atomic mass is 16.5. The number of carboxylic acids is 1. The molecule has 0 saturated carbocycles. The summed E-state index contributed by atoms with van der Waals surface area (Å²) in [5.74, 6) is -1.07. The quantitative estimate of drug-likeness (QED) is 0.494. The van der Waals surface area contributed by atoms with E-state index in [0.717, 1.165) is 11.1 Å². The Morgan fingerprint density at radius 3 is 2.15 bits per heavy atom. The molecule has 176 valence electrons. The van der Waals surface area contributed by atoms with Crippen LogP contribution in [0.15, 0.2) is 48.5 Å². The molecule has 33 heavy (non-hydrogen) atoms. The molecule has 0 saturated heterocycles. The number of fused-ring (bicyclic) bond motifs is 3. The van der Waals surface area contributed by atoms with Crippen molar-refractivity contribution in [3.63, 3.8) is 0 Å². The summed E-state index contributed by atoms with van der Waals surface area (Å²) in [7, 11) is 0. The van der Waals surface area contributed by atoms with Gasteiger partial charge in [-0.15, -0.1) is 0 Å². The predicted molar refractivity (Wildman–Crippen MR) is 126 cm³/mol. The Kier molecular flexibility index (Phi) is 7.74. The van der Waals surface area contributed by atoms with E-state index in [0.29, 0.717) is 12.8 Å². The van der Waals surface area contributed by atoms with Gasteiger partial charge in [0, 0.05) is 30.3 Å². The lowest BCUT2D eigenvalue weighted by Crippen LogP contribution is -2.44. The summed E-state index contributed by atoms with van der Waals surface area (Å²) in [5, 5.41) is 14.5. The average Bonchev–Trinajstić information content (AvgIpc) is 3.08.